The van der Waals surface area contributed by atoms with Crippen LogP contribution in [0, 0.1) is 12.7 Å². The number of H-pyrrole nitrogens is 1. The standard InChI is InChI=1S/C24H17ClFN3O/c1-14-6-12-17(13-7-14)29-23(18-4-2-3-5-19(18)26)20-21(27-28-22(20)24(29)30)15-8-10-16(25)11-9-15/h2-13,23H,1H3,(H,27,28). The zero-order valence-electron chi connectivity index (χ0n) is 16.1. The molecule has 0 saturated carbocycles. The molecule has 1 aliphatic rings. The van der Waals surface area contributed by atoms with Crippen LogP contribution in [0.4, 0.5) is 10.1 Å². The number of aromatic nitrogens is 2. The molecule has 3 aromatic carbocycles. The first-order valence-electron chi connectivity index (χ1n) is 9.53. The van der Waals surface area contributed by atoms with E-state index in [1.54, 1.807) is 35.2 Å². The molecule has 4 nitrogen and oxygen atoms in total. The van der Waals surface area contributed by atoms with Crippen molar-refractivity contribution in [2.24, 2.45) is 0 Å². The lowest BCUT2D eigenvalue weighted by atomic mass is 9.95. The number of anilines is 1. The largest absolute Gasteiger partial charge is 0.295 e. The van der Waals surface area contributed by atoms with Gasteiger partial charge in [0.1, 0.15) is 11.5 Å². The van der Waals surface area contributed by atoms with Crippen molar-refractivity contribution in [2.75, 3.05) is 4.90 Å². The van der Waals surface area contributed by atoms with Crippen molar-refractivity contribution in [1.29, 1.82) is 0 Å². The van der Waals surface area contributed by atoms with Crippen molar-refractivity contribution in [3.63, 3.8) is 0 Å². The van der Waals surface area contributed by atoms with E-state index in [0.717, 1.165) is 11.1 Å². The maximum atomic E-state index is 14.9. The first-order chi connectivity index (χ1) is 14.5. The van der Waals surface area contributed by atoms with Crippen LogP contribution in [-0.4, -0.2) is 16.1 Å². The van der Waals surface area contributed by atoms with E-state index in [-0.39, 0.29) is 11.7 Å². The summed E-state index contributed by atoms with van der Waals surface area (Å²) in [5, 5.41) is 7.89. The third kappa shape index (κ3) is 2.90. The molecule has 0 bridgehead atoms. The van der Waals surface area contributed by atoms with Gasteiger partial charge in [0.2, 0.25) is 0 Å². The SMILES string of the molecule is Cc1ccc(N2C(=O)c3[nH]nc(-c4ccc(Cl)cc4)c3C2c2ccccc2F)cc1. The van der Waals surface area contributed by atoms with Crippen LogP contribution in [0.1, 0.15) is 33.2 Å². The summed E-state index contributed by atoms with van der Waals surface area (Å²) < 4.78 is 14.9. The number of nitrogens with one attached hydrogen (secondary N) is 1. The van der Waals surface area contributed by atoms with Gasteiger partial charge in [0.25, 0.3) is 5.91 Å². The number of hydrogen-bond acceptors (Lipinski definition) is 2. The molecule has 30 heavy (non-hydrogen) atoms. The molecule has 0 saturated heterocycles. The van der Waals surface area contributed by atoms with Crippen LogP contribution in [0.2, 0.25) is 5.02 Å². The fraction of sp³-hybridized carbons (Fsp3) is 0.0833. The number of amides is 1. The number of fused-ring (bicyclic) bond motifs is 1. The minimum absolute atomic E-state index is 0.241. The number of carbonyl (C=O) groups is 1. The van der Waals surface area contributed by atoms with Crippen LogP contribution in [0.25, 0.3) is 11.3 Å². The van der Waals surface area contributed by atoms with Crippen LogP contribution >= 0.6 is 11.6 Å². The van der Waals surface area contributed by atoms with Gasteiger partial charge in [-0.25, -0.2) is 4.39 Å². The summed E-state index contributed by atoms with van der Waals surface area (Å²) in [7, 11) is 0. The Morgan fingerprint density at radius 3 is 2.40 bits per heavy atom. The van der Waals surface area contributed by atoms with Crippen molar-refractivity contribution < 1.29 is 9.18 Å². The zero-order chi connectivity index (χ0) is 20.8. The van der Waals surface area contributed by atoms with Crippen LogP contribution in [0.15, 0.2) is 72.8 Å². The Morgan fingerprint density at radius 2 is 1.70 bits per heavy atom. The molecule has 0 fully saturated rings. The molecule has 1 aliphatic heterocycles. The summed E-state index contributed by atoms with van der Waals surface area (Å²) in [5.74, 6) is -0.613. The fourth-order valence-electron chi connectivity index (χ4n) is 3.94. The Balaban J connectivity index is 1.74. The van der Waals surface area contributed by atoms with E-state index in [1.807, 2.05) is 43.3 Å². The van der Waals surface area contributed by atoms with Crippen LogP contribution in [-0.2, 0) is 0 Å². The third-order valence-corrected chi connectivity index (χ3v) is 5.65. The van der Waals surface area contributed by atoms with Gasteiger partial charge >= 0.3 is 0 Å². The zero-order valence-corrected chi connectivity index (χ0v) is 16.8. The quantitative estimate of drug-likeness (QED) is 0.449. The molecule has 148 valence electrons. The molecule has 1 unspecified atom stereocenters. The molecule has 1 atom stereocenters. The van der Waals surface area contributed by atoms with E-state index in [4.69, 9.17) is 11.6 Å². The highest BCUT2D eigenvalue weighted by atomic mass is 35.5. The van der Waals surface area contributed by atoms with Gasteiger partial charge in [-0.2, -0.15) is 5.10 Å². The second-order valence-corrected chi connectivity index (χ2v) is 7.74. The predicted molar refractivity (Wildman–Crippen MR) is 115 cm³/mol. The summed E-state index contributed by atoms with van der Waals surface area (Å²) in [6.45, 7) is 1.98. The predicted octanol–water partition coefficient (Wildman–Crippen LogP) is 5.93. The molecule has 1 amide bonds. The van der Waals surface area contributed by atoms with Crippen LogP contribution < -0.4 is 4.90 Å². The number of rotatable bonds is 3. The maximum Gasteiger partial charge on any atom is 0.277 e. The summed E-state index contributed by atoms with van der Waals surface area (Å²) >= 11 is 6.03. The Labute approximate surface area is 177 Å². The molecule has 0 spiro atoms. The number of nitrogens with zero attached hydrogens (tertiary/aromatic N) is 2. The fourth-order valence-corrected chi connectivity index (χ4v) is 4.06. The molecule has 0 radical (unpaired) electrons. The van der Waals surface area contributed by atoms with Gasteiger partial charge in [0.15, 0.2) is 0 Å². The summed E-state index contributed by atoms with van der Waals surface area (Å²) in [6.07, 6.45) is 0. The molecule has 0 aliphatic carbocycles. The first-order valence-corrected chi connectivity index (χ1v) is 9.91. The minimum atomic E-state index is -0.638. The lowest BCUT2D eigenvalue weighted by Gasteiger charge is -2.27. The average molecular weight is 418 g/mol. The maximum absolute atomic E-state index is 14.9. The molecule has 1 aromatic heterocycles. The Bertz CT molecular complexity index is 1250. The number of aryl methyl sites for hydroxylation is 1. The Morgan fingerprint density at radius 1 is 1.00 bits per heavy atom. The smallest absolute Gasteiger partial charge is 0.277 e. The number of carbonyl (C=O) groups excluding carboxylic acids is 1. The Hall–Kier alpha value is -3.44. The molecule has 1 N–H and O–H groups in total. The molecule has 2 heterocycles. The lowest BCUT2D eigenvalue weighted by Crippen LogP contribution is -2.29. The average Bonchev–Trinajstić information content (AvgIpc) is 3.29. The summed E-state index contributed by atoms with van der Waals surface area (Å²) in [6, 6.07) is 20.7. The van der Waals surface area contributed by atoms with Gasteiger partial charge in [-0.3, -0.25) is 14.8 Å². The van der Waals surface area contributed by atoms with Gasteiger partial charge in [0, 0.05) is 27.4 Å². The van der Waals surface area contributed by atoms with E-state index in [1.165, 1.54) is 6.07 Å². The van der Waals surface area contributed by atoms with E-state index >= 15 is 0 Å². The van der Waals surface area contributed by atoms with Gasteiger partial charge in [-0.15, -0.1) is 0 Å². The topological polar surface area (TPSA) is 49.0 Å². The summed E-state index contributed by atoms with van der Waals surface area (Å²) in [4.78, 5) is 15.0. The third-order valence-electron chi connectivity index (χ3n) is 5.40. The van der Waals surface area contributed by atoms with Crippen molar-refractivity contribution in [3.8, 4) is 11.3 Å². The minimum Gasteiger partial charge on any atom is -0.295 e. The van der Waals surface area contributed by atoms with E-state index in [2.05, 4.69) is 10.2 Å². The van der Waals surface area contributed by atoms with E-state index in [9.17, 15) is 9.18 Å². The van der Waals surface area contributed by atoms with Crippen molar-refractivity contribution in [3.05, 3.63) is 106 Å². The van der Waals surface area contributed by atoms with Crippen LogP contribution in [0.3, 0.4) is 0 Å². The number of benzene rings is 3. The molecule has 4 aromatic rings. The highest BCUT2D eigenvalue weighted by Crippen LogP contribution is 2.45. The van der Waals surface area contributed by atoms with Gasteiger partial charge < -0.3 is 0 Å². The number of aromatic amines is 1. The first kappa shape index (κ1) is 18.6. The second-order valence-electron chi connectivity index (χ2n) is 7.30. The Kier molecular flexibility index (Phi) is 4.40. The van der Waals surface area contributed by atoms with Crippen molar-refractivity contribution in [1.82, 2.24) is 10.2 Å². The van der Waals surface area contributed by atoms with Crippen molar-refractivity contribution >= 4 is 23.2 Å². The highest BCUT2D eigenvalue weighted by Gasteiger charge is 2.44. The van der Waals surface area contributed by atoms with Gasteiger partial charge in [-0.1, -0.05) is 59.6 Å². The monoisotopic (exact) mass is 417 g/mol. The van der Waals surface area contributed by atoms with Gasteiger partial charge in [-0.05, 0) is 37.3 Å². The molecular weight excluding hydrogens is 401 g/mol. The van der Waals surface area contributed by atoms with Gasteiger partial charge in [0.05, 0.1) is 11.7 Å². The molecular formula is C24H17ClFN3O. The highest BCUT2D eigenvalue weighted by molar-refractivity contribution is 6.30. The number of hydrogen-bond donors (Lipinski definition) is 1. The second kappa shape index (κ2) is 7.11. The van der Waals surface area contributed by atoms with Crippen molar-refractivity contribution in [2.45, 2.75) is 13.0 Å². The lowest BCUT2D eigenvalue weighted by molar-refractivity contribution is 0.0988. The van der Waals surface area contributed by atoms with Crippen LogP contribution in [0.5, 0.6) is 0 Å². The van der Waals surface area contributed by atoms with E-state index in [0.29, 0.717) is 33.2 Å². The summed E-state index contributed by atoms with van der Waals surface area (Å²) in [5.41, 5.74) is 4.64. The number of halogens is 2. The molecule has 5 rings (SSSR count). The normalized spacial score (nSPS) is 15.5. The van der Waals surface area contributed by atoms with E-state index < -0.39 is 6.04 Å². The molecule has 6 heteroatoms.